The monoisotopic (exact) mass is 183 g/mol. The lowest BCUT2D eigenvalue weighted by atomic mass is 10.1. The zero-order valence-corrected chi connectivity index (χ0v) is 7.97. The summed E-state index contributed by atoms with van der Waals surface area (Å²) in [6, 6.07) is 0. The summed E-state index contributed by atoms with van der Waals surface area (Å²) in [5.41, 5.74) is 0. The third-order valence-corrected chi connectivity index (χ3v) is 3.53. The van der Waals surface area contributed by atoms with Gasteiger partial charge in [-0.1, -0.05) is 6.42 Å². The van der Waals surface area contributed by atoms with E-state index in [1.807, 2.05) is 13.1 Å². The van der Waals surface area contributed by atoms with Crippen LogP contribution in [-0.4, -0.2) is 16.2 Å². The van der Waals surface area contributed by atoms with Gasteiger partial charge < -0.3 is 5.11 Å². The van der Waals surface area contributed by atoms with Gasteiger partial charge in [0, 0.05) is 17.0 Å². The molecule has 0 spiro atoms. The molecule has 1 N–H and O–H groups in total. The molecule has 1 fully saturated rings. The first-order valence-electron chi connectivity index (χ1n) is 4.38. The Balaban J connectivity index is 2.19. The lowest BCUT2D eigenvalue weighted by molar-refractivity contribution is 0.165. The van der Waals surface area contributed by atoms with Gasteiger partial charge in [0.15, 0.2) is 0 Å². The summed E-state index contributed by atoms with van der Waals surface area (Å²) in [6.45, 7) is 2.01. The van der Waals surface area contributed by atoms with Crippen LogP contribution in [0.2, 0.25) is 0 Å². The van der Waals surface area contributed by atoms with Crippen LogP contribution in [0.1, 0.15) is 35.1 Å². The van der Waals surface area contributed by atoms with Crippen molar-refractivity contribution in [2.75, 3.05) is 0 Å². The molecule has 2 unspecified atom stereocenters. The molecule has 0 radical (unpaired) electrons. The van der Waals surface area contributed by atoms with E-state index in [0.717, 1.165) is 24.3 Å². The average Bonchev–Trinajstić information content (AvgIpc) is 2.58. The first-order chi connectivity index (χ1) is 5.77. The predicted molar refractivity (Wildman–Crippen MR) is 49.4 cm³/mol. The smallest absolute Gasteiger partial charge is 0.0896 e. The lowest BCUT2D eigenvalue weighted by Gasteiger charge is -2.10. The summed E-state index contributed by atoms with van der Waals surface area (Å²) < 4.78 is 0. The highest BCUT2D eigenvalue weighted by atomic mass is 32.1. The second-order valence-electron chi connectivity index (χ2n) is 3.39. The van der Waals surface area contributed by atoms with E-state index in [1.165, 1.54) is 4.88 Å². The highest BCUT2D eigenvalue weighted by Crippen LogP contribution is 2.36. The van der Waals surface area contributed by atoms with Crippen molar-refractivity contribution in [1.82, 2.24) is 4.98 Å². The molecule has 1 aromatic rings. The lowest BCUT2D eigenvalue weighted by Crippen LogP contribution is -2.09. The van der Waals surface area contributed by atoms with E-state index in [2.05, 4.69) is 4.98 Å². The van der Waals surface area contributed by atoms with Crippen LogP contribution in [0.25, 0.3) is 0 Å². The van der Waals surface area contributed by atoms with Crippen molar-refractivity contribution in [3.05, 3.63) is 16.1 Å². The van der Waals surface area contributed by atoms with Crippen LogP contribution in [0.15, 0.2) is 6.20 Å². The van der Waals surface area contributed by atoms with Gasteiger partial charge in [-0.05, 0) is 19.8 Å². The molecule has 0 bridgehead atoms. The Morgan fingerprint density at radius 1 is 1.58 bits per heavy atom. The number of thiazole rings is 1. The first-order valence-corrected chi connectivity index (χ1v) is 5.19. The third-order valence-electron chi connectivity index (χ3n) is 2.48. The molecule has 0 saturated heterocycles. The average molecular weight is 183 g/mol. The van der Waals surface area contributed by atoms with Crippen molar-refractivity contribution in [1.29, 1.82) is 0 Å². The van der Waals surface area contributed by atoms with Crippen molar-refractivity contribution in [2.45, 2.75) is 38.2 Å². The summed E-state index contributed by atoms with van der Waals surface area (Å²) in [5, 5.41) is 10.7. The summed E-state index contributed by atoms with van der Waals surface area (Å²) in [6.07, 6.45) is 5.04. The summed E-state index contributed by atoms with van der Waals surface area (Å²) in [4.78, 5) is 5.46. The van der Waals surface area contributed by atoms with Gasteiger partial charge in [-0.3, -0.25) is 0 Å². The van der Waals surface area contributed by atoms with Crippen LogP contribution in [0.4, 0.5) is 0 Å². The molecule has 2 rings (SSSR count). The fourth-order valence-corrected chi connectivity index (χ4v) is 2.80. The number of aliphatic hydroxyl groups is 1. The molecule has 0 aromatic carbocycles. The Kier molecular flexibility index (Phi) is 2.15. The maximum atomic E-state index is 9.63. The zero-order valence-electron chi connectivity index (χ0n) is 7.16. The van der Waals surface area contributed by atoms with Gasteiger partial charge in [0.05, 0.1) is 11.1 Å². The van der Waals surface area contributed by atoms with Gasteiger partial charge in [-0.25, -0.2) is 4.98 Å². The summed E-state index contributed by atoms with van der Waals surface area (Å²) >= 11 is 1.72. The van der Waals surface area contributed by atoms with Crippen LogP contribution >= 0.6 is 11.3 Å². The highest BCUT2D eigenvalue weighted by molar-refractivity contribution is 7.11. The Morgan fingerprint density at radius 3 is 2.92 bits per heavy atom. The van der Waals surface area contributed by atoms with E-state index in [0.29, 0.717) is 5.92 Å². The quantitative estimate of drug-likeness (QED) is 0.723. The summed E-state index contributed by atoms with van der Waals surface area (Å²) in [7, 11) is 0. The van der Waals surface area contributed by atoms with Crippen molar-refractivity contribution in [3.63, 3.8) is 0 Å². The molecular formula is C9H13NOS. The Hall–Kier alpha value is -0.410. The molecule has 1 heterocycles. The normalized spacial score (nSPS) is 29.5. The van der Waals surface area contributed by atoms with E-state index in [9.17, 15) is 5.11 Å². The second kappa shape index (κ2) is 3.15. The van der Waals surface area contributed by atoms with Gasteiger partial charge >= 0.3 is 0 Å². The minimum atomic E-state index is -0.121. The molecule has 2 atom stereocenters. The maximum Gasteiger partial charge on any atom is 0.0896 e. The van der Waals surface area contributed by atoms with Gasteiger partial charge in [-0.15, -0.1) is 11.3 Å². The molecule has 1 aliphatic carbocycles. The van der Waals surface area contributed by atoms with E-state index in [4.69, 9.17) is 0 Å². The topological polar surface area (TPSA) is 33.1 Å². The van der Waals surface area contributed by atoms with Crippen molar-refractivity contribution >= 4 is 11.3 Å². The molecule has 0 amide bonds. The van der Waals surface area contributed by atoms with Crippen LogP contribution in [-0.2, 0) is 0 Å². The van der Waals surface area contributed by atoms with E-state index in [-0.39, 0.29) is 6.10 Å². The number of rotatable bonds is 1. The summed E-state index contributed by atoms with van der Waals surface area (Å²) in [5.74, 6) is 0.371. The van der Waals surface area contributed by atoms with Gasteiger partial charge in [0.2, 0.25) is 0 Å². The number of aryl methyl sites for hydroxylation is 1. The molecule has 0 aliphatic heterocycles. The molecule has 1 aliphatic rings. The van der Waals surface area contributed by atoms with Crippen LogP contribution in [0.3, 0.4) is 0 Å². The predicted octanol–water partition coefficient (Wildman–Crippen LogP) is 2.08. The van der Waals surface area contributed by atoms with Crippen molar-refractivity contribution < 1.29 is 5.11 Å². The number of aliphatic hydroxyl groups excluding tert-OH is 1. The fourth-order valence-electron chi connectivity index (χ4n) is 1.82. The van der Waals surface area contributed by atoms with Gasteiger partial charge in [0.1, 0.15) is 0 Å². The zero-order chi connectivity index (χ0) is 8.55. The number of nitrogens with zero attached hydrogens (tertiary/aromatic N) is 1. The van der Waals surface area contributed by atoms with E-state index in [1.54, 1.807) is 11.3 Å². The standard InChI is InChI=1S/C9H13NOS/c1-6-10-5-9(12-6)7-3-2-4-8(7)11/h5,7-8,11H,2-4H2,1H3. The Morgan fingerprint density at radius 2 is 2.42 bits per heavy atom. The Labute approximate surface area is 76.3 Å². The SMILES string of the molecule is Cc1ncc(C2CCCC2O)s1. The Bertz CT molecular complexity index is 271. The highest BCUT2D eigenvalue weighted by Gasteiger charge is 2.27. The van der Waals surface area contributed by atoms with Gasteiger partial charge in [0.25, 0.3) is 0 Å². The minimum absolute atomic E-state index is 0.121. The van der Waals surface area contributed by atoms with Crippen LogP contribution < -0.4 is 0 Å². The third kappa shape index (κ3) is 1.39. The van der Waals surface area contributed by atoms with E-state index >= 15 is 0 Å². The van der Waals surface area contributed by atoms with E-state index < -0.39 is 0 Å². The first kappa shape index (κ1) is 8.20. The molecule has 2 nitrogen and oxygen atoms in total. The molecule has 3 heteroatoms. The number of hydrogen-bond donors (Lipinski definition) is 1. The maximum absolute atomic E-state index is 9.63. The number of aromatic nitrogens is 1. The second-order valence-corrected chi connectivity index (χ2v) is 4.65. The molecule has 1 aromatic heterocycles. The number of hydrogen-bond acceptors (Lipinski definition) is 3. The van der Waals surface area contributed by atoms with Crippen LogP contribution in [0, 0.1) is 6.92 Å². The van der Waals surface area contributed by atoms with Crippen molar-refractivity contribution in [3.8, 4) is 0 Å². The van der Waals surface area contributed by atoms with Gasteiger partial charge in [-0.2, -0.15) is 0 Å². The van der Waals surface area contributed by atoms with Crippen LogP contribution in [0.5, 0.6) is 0 Å². The minimum Gasteiger partial charge on any atom is -0.392 e. The van der Waals surface area contributed by atoms with Crippen molar-refractivity contribution in [2.24, 2.45) is 0 Å². The fraction of sp³-hybridized carbons (Fsp3) is 0.667. The molecular weight excluding hydrogens is 170 g/mol. The largest absolute Gasteiger partial charge is 0.392 e. The molecule has 1 saturated carbocycles. The molecule has 66 valence electrons. The molecule has 12 heavy (non-hydrogen) atoms.